The number of hydrogen-bond donors (Lipinski definition) is 2. The maximum absolute atomic E-state index is 14.1. The summed E-state index contributed by atoms with van der Waals surface area (Å²) in [6.45, 7) is 3.83. The Morgan fingerprint density at radius 1 is 0.887 bits per heavy atom. The number of anilines is 1. The van der Waals surface area contributed by atoms with Crippen LogP contribution in [0.4, 0.5) is 18.9 Å². The summed E-state index contributed by atoms with van der Waals surface area (Å²) in [6.07, 6.45) is 0.488. The SMILES string of the molecule is CO[C@H]1C[SH]([C@@H]2COC[C@H](n3cc(-c4cccc(N)c4)nn3)[C@H]2OC(C)=O)[C@H](COC(C)=O)[C@H](OC(C)=O)[C@H]1n1cc(-c2cc(F)c(F)c(F)c2)nn1. The van der Waals surface area contributed by atoms with Crippen LogP contribution in [-0.4, -0.2) is 109 Å². The van der Waals surface area contributed by atoms with E-state index in [0.717, 1.165) is 17.7 Å². The molecule has 19 heteroatoms. The van der Waals surface area contributed by atoms with Crippen LogP contribution >= 0.6 is 10.9 Å². The van der Waals surface area contributed by atoms with Crippen LogP contribution in [0, 0.1) is 17.5 Å². The summed E-state index contributed by atoms with van der Waals surface area (Å²) in [7, 11) is 0.00460. The van der Waals surface area contributed by atoms with Gasteiger partial charge in [-0.2, -0.15) is 0 Å². The second-order valence-electron chi connectivity index (χ2n) is 12.7. The molecule has 0 saturated carbocycles. The lowest BCUT2D eigenvalue weighted by atomic mass is 10.0. The van der Waals surface area contributed by atoms with Gasteiger partial charge in [-0.25, -0.2) is 33.4 Å². The van der Waals surface area contributed by atoms with Crippen molar-refractivity contribution >= 4 is 34.5 Å². The number of nitrogen functional groups attached to an aromatic ring is 1. The minimum absolute atomic E-state index is 0.00689. The number of hydrogen-bond acceptors (Lipinski definition) is 13. The van der Waals surface area contributed by atoms with E-state index in [0.29, 0.717) is 17.1 Å². The predicted molar refractivity (Wildman–Crippen MR) is 184 cm³/mol. The van der Waals surface area contributed by atoms with Crippen molar-refractivity contribution in [2.45, 2.75) is 61.7 Å². The van der Waals surface area contributed by atoms with Crippen molar-refractivity contribution in [1.82, 2.24) is 30.0 Å². The number of thiol groups is 1. The maximum atomic E-state index is 14.1. The van der Waals surface area contributed by atoms with E-state index in [2.05, 4.69) is 20.6 Å². The Kier molecular flexibility index (Phi) is 11.3. The van der Waals surface area contributed by atoms with Crippen molar-refractivity contribution < 1.29 is 51.2 Å². The van der Waals surface area contributed by atoms with Crippen molar-refractivity contribution in [3.05, 3.63) is 66.2 Å². The minimum atomic E-state index is -1.63. The maximum Gasteiger partial charge on any atom is 0.303 e. The smallest absolute Gasteiger partial charge is 0.303 e. The van der Waals surface area contributed by atoms with E-state index in [4.69, 9.17) is 29.4 Å². The molecule has 15 nitrogen and oxygen atoms in total. The molecule has 53 heavy (non-hydrogen) atoms. The fraction of sp³-hybridized carbons (Fsp3) is 0.441. The highest BCUT2D eigenvalue weighted by Gasteiger charge is 2.53. The Labute approximate surface area is 304 Å². The van der Waals surface area contributed by atoms with Crippen LogP contribution in [0.2, 0.25) is 0 Å². The Morgan fingerprint density at radius 3 is 2.17 bits per heavy atom. The van der Waals surface area contributed by atoms with E-state index in [-0.39, 0.29) is 31.1 Å². The van der Waals surface area contributed by atoms with E-state index >= 15 is 0 Å². The van der Waals surface area contributed by atoms with Crippen LogP contribution in [0.1, 0.15) is 32.9 Å². The van der Waals surface area contributed by atoms with Gasteiger partial charge < -0.3 is 29.4 Å². The Bertz CT molecular complexity index is 1960. The molecule has 8 atom stereocenters. The lowest BCUT2D eigenvalue weighted by Gasteiger charge is -2.52. The Balaban J connectivity index is 1.39. The van der Waals surface area contributed by atoms with Gasteiger partial charge in [0.25, 0.3) is 0 Å². The number of esters is 3. The zero-order valence-corrected chi connectivity index (χ0v) is 30.0. The molecular weight excluding hydrogens is 723 g/mol. The van der Waals surface area contributed by atoms with Crippen molar-refractivity contribution in [2.24, 2.45) is 0 Å². The third-order valence-corrected chi connectivity index (χ3v) is 12.5. The van der Waals surface area contributed by atoms with Crippen molar-refractivity contribution in [2.75, 3.05) is 38.4 Å². The quantitative estimate of drug-likeness (QED) is 0.0791. The summed E-state index contributed by atoms with van der Waals surface area (Å²) in [5, 5.41) is 15.7. The van der Waals surface area contributed by atoms with Gasteiger partial charge in [0.1, 0.15) is 42.3 Å². The van der Waals surface area contributed by atoms with Crippen LogP contribution in [0.3, 0.4) is 0 Å². The van der Waals surface area contributed by atoms with E-state index in [1.54, 1.807) is 29.1 Å². The Morgan fingerprint density at radius 2 is 1.53 bits per heavy atom. The Hall–Kier alpha value is -5.01. The van der Waals surface area contributed by atoms with Gasteiger partial charge in [0.2, 0.25) is 0 Å². The van der Waals surface area contributed by atoms with Gasteiger partial charge in [-0.3, -0.25) is 14.4 Å². The van der Waals surface area contributed by atoms with Crippen molar-refractivity contribution in [3.63, 3.8) is 0 Å². The zero-order chi connectivity index (χ0) is 38.0. The van der Waals surface area contributed by atoms with Gasteiger partial charge in [0.15, 0.2) is 17.5 Å². The lowest BCUT2D eigenvalue weighted by Crippen LogP contribution is -2.57. The molecule has 2 N–H and O–H groups in total. The number of rotatable bonds is 10. The number of carbonyl (C=O) groups excluding carboxylic acids is 3. The van der Waals surface area contributed by atoms with E-state index in [9.17, 15) is 27.6 Å². The highest BCUT2D eigenvalue weighted by atomic mass is 32.2. The second-order valence-corrected chi connectivity index (χ2v) is 15.4. The van der Waals surface area contributed by atoms with Crippen LogP contribution in [0.25, 0.3) is 22.5 Å². The van der Waals surface area contributed by atoms with Gasteiger partial charge >= 0.3 is 17.9 Å². The molecule has 2 aliphatic rings. The zero-order valence-electron chi connectivity index (χ0n) is 29.1. The van der Waals surface area contributed by atoms with Gasteiger partial charge in [0, 0.05) is 50.4 Å². The first-order valence-electron chi connectivity index (χ1n) is 16.5. The number of nitrogens with two attached hydrogens (primary N) is 1. The predicted octanol–water partition coefficient (Wildman–Crippen LogP) is 3.21. The summed E-state index contributed by atoms with van der Waals surface area (Å²) in [5.74, 6) is -5.94. The third-order valence-electron chi connectivity index (χ3n) is 9.17. The summed E-state index contributed by atoms with van der Waals surface area (Å²) in [4.78, 5) is 37.6. The van der Waals surface area contributed by atoms with E-state index < -0.39 is 87.2 Å². The molecule has 6 rings (SSSR count). The first-order chi connectivity index (χ1) is 25.3. The first-order valence-corrected chi connectivity index (χ1v) is 18.2. The lowest BCUT2D eigenvalue weighted by molar-refractivity contribution is -0.154. The van der Waals surface area contributed by atoms with Crippen LogP contribution < -0.4 is 5.73 Å². The molecule has 2 aromatic carbocycles. The van der Waals surface area contributed by atoms with Crippen LogP contribution in [0.15, 0.2) is 48.8 Å². The number of aromatic nitrogens is 6. The molecule has 284 valence electrons. The molecule has 2 aromatic heterocycles. The van der Waals surface area contributed by atoms with Crippen molar-refractivity contribution in [1.29, 1.82) is 0 Å². The fourth-order valence-electron chi connectivity index (χ4n) is 6.87. The molecule has 2 saturated heterocycles. The average Bonchev–Trinajstić information content (AvgIpc) is 3.80. The number of nitrogens with zero attached hydrogens (tertiary/aromatic N) is 6. The molecule has 0 amide bonds. The monoisotopic (exact) mass is 761 g/mol. The van der Waals surface area contributed by atoms with Gasteiger partial charge in [-0.15, -0.1) is 10.2 Å². The molecular formula is C34H38F3N7O8S. The fourth-order valence-corrected chi connectivity index (χ4v) is 10.5. The molecule has 4 heterocycles. The molecule has 4 aromatic rings. The van der Waals surface area contributed by atoms with Gasteiger partial charge in [0.05, 0.1) is 42.2 Å². The topological polar surface area (TPSA) is 185 Å². The van der Waals surface area contributed by atoms with Crippen LogP contribution in [-0.2, 0) is 38.1 Å². The highest BCUT2D eigenvalue weighted by Crippen LogP contribution is 2.53. The average molecular weight is 762 g/mol. The minimum Gasteiger partial charge on any atom is -0.465 e. The second kappa shape index (κ2) is 15.9. The van der Waals surface area contributed by atoms with Crippen molar-refractivity contribution in [3.8, 4) is 22.5 Å². The largest absolute Gasteiger partial charge is 0.465 e. The summed E-state index contributed by atoms with van der Waals surface area (Å²) in [6, 6.07) is 7.20. The number of halogens is 3. The van der Waals surface area contributed by atoms with E-state index in [1.165, 1.54) is 38.8 Å². The molecule has 0 bridgehead atoms. The molecule has 0 aliphatic carbocycles. The first kappa shape index (κ1) is 37.7. The molecule has 0 radical (unpaired) electrons. The number of methoxy groups -OCH3 is 1. The summed E-state index contributed by atoms with van der Waals surface area (Å²) >= 11 is 0. The molecule has 2 aliphatic heterocycles. The number of ether oxygens (including phenoxy) is 5. The number of benzene rings is 2. The van der Waals surface area contributed by atoms with E-state index in [1.807, 2.05) is 6.07 Å². The molecule has 1 unspecified atom stereocenters. The normalized spacial score (nSPS) is 26.5. The van der Waals surface area contributed by atoms with Crippen LogP contribution in [0.5, 0.6) is 0 Å². The standard InChI is InChI=1S/C34H38F3N7O8S/c1-17(45)50-15-30-34(52-19(3)47)32(44-12-26(40-42-44)21-9-23(35)31(37)24(36)10-21)28(48-4)16-53(30)29-14-49-13-27(33(29)51-18(2)46)43-11-25(39-41-43)20-6-5-7-22(38)8-20/h5-12,27-30,32-34,53H,13-16,38H2,1-4H3/t27-,28-,29+,30+,32-,33+,34-/m0/s1. The molecule has 0 spiro atoms. The third kappa shape index (κ3) is 8.16. The van der Waals surface area contributed by atoms with Gasteiger partial charge in [-0.1, -0.05) is 22.6 Å². The highest BCUT2D eigenvalue weighted by molar-refractivity contribution is 8.18. The summed E-state index contributed by atoms with van der Waals surface area (Å²) < 4.78 is 74.6. The number of carbonyl (C=O) groups is 3. The summed E-state index contributed by atoms with van der Waals surface area (Å²) in [5.41, 5.74) is 7.72. The molecule has 2 fully saturated rings. The van der Waals surface area contributed by atoms with Gasteiger partial charge in [-0.05, 0) is 24.3 Å².